The van der Waals surface area contributed by atoms with E-state index < -0.39 is 0 Å². The van der Waals surface area contributed by atoms with Crippen LogP contribution in [0.25, 0.3) is 0 Å². The fourth-order valence-electron chi connectivity index (χ4n) is 2.79. The molecule has 5 heteroatoms. The van der Waals surface area contributed by atoms with E-state index in [9.17, 15) is 0 Å². The first-order valence-corrected chi connectivity index (χ1v) is 8.30. The highest BCUT2D eigenvalue weighted by molar-refractivity contribution is 7.09. The summed E-state index contributed by atoms with van der Waals surface area (Å²) in [5.41, 5.74) is 1.43. The summed E-state index contributed by atoms with van der Waals surface area (Å²) in [6, 6.07) is 15.8. The molecule has 2 nitrogen and oxygen atoms in total. The van der Waals surface area contributed by atoms with Gasteiger partial charge in [0, 0.05) is 24.0 Å². The molecule has 0 radical (unpaired) electrons. The van der Waals surface area contributed by atoms with Gasteiger partial charge in [0.15, 0.2) is 0 Å². The fraction of sp³-hybridized carbons (Fsp3) is 0.412. The number of halogens is 2. The average Bonchev–Trinajstić information content (AvgIpc) is 3.01. The summed E-state index contributed by atoms with van der Waals surface area (Å²) in [4.78, 5) is 4.01. The lowest BCUT2D eigenvalue weighted by atomic mass is 10.0. The van der Waals surface area contributed by atoms with Crippen LogP contribution in [-0.2, 0) is 13.1 Å². The molecule has 1 N–H and O–H groups in total. The summed E-state index contributed by atoms with van der Waals surface area (Å²) in [6.07, 6.45) is 2.52. The third-order valence-electron chi connectivity index (χ3n) is 3.98. The molecule has 1 aromatic carbocycles. The van der Waals surface area contributed by atoms with Crippen molar-refractivity contribution in [1.29, 1.82) is 0 Å². The van der Waals surface area contributed by atoms with E-state index in [-0.39, 0.29) is 24.8 Å². The maximum absolute atomic E-state index is 3.69. The zero-order valence-corrected chi connectivity index (χ0v) is 15.1. The van der Waals surface area contributed by atoms with Crippen LogP contribution < -0.4 is 5.32 Å². The molecule has 1 aliphatic rings. The third-order valence-corrected chi connectivity index (χ3v) is 4.86. The van der Waals surface area contributed by atoms with Crippen molar-refractivity contribution in [2.24, 2.45) is 0 Å². The van der Waals surface area contributed by atoms with Crippen LogP contribution in [0.3, 0.4) is 0 Å². The van der Waals surface area contributed by atoms with E-state index in [2.05, 4.69) is 58.1 Å². The number of likely N-dealkylation sites (tertiary alicyclic amines) is 1. The van der Waals surface area contributed by atoms with Gasteiger partial charge in [-0.05, 0) is 42.9 Å². The SMILES string of the molecule is Cl.Cl.c1ccc(CN2CCC(NCc3cccs3)CC2)cc1. The fourth-order valence-corrected chi connectivity index (χ4v) is 3.45. The summed E-state index contributed by atoms with van der Waals surface area (Å²) in [5, 5.41) is 5.84. The normalized spacial score (nSPS) is 15.8. The molecule has 2 heterocycles. The van der Waals surface area contributed by atoms with Crippen LogP contribution in [0, 0.1) is 0 Å². The number of thiophene rings is 1. The van der Waals surface area contributed by atoms with Crippen LogP contribution >= 0.6 is 36.2 Å². The second-order valence-electron chi connectivity index (χ2n) is 5.50. The van der Waals surface area contributed by atoms with E-state index in [1.54, 1.807) is 0 Å². The van der Waals surface area contributed by atoms with E-state index in [1.807, 2.05) is 11.3 Å². The number of rotatable bonds is 5. The number of piperidine rings is 1. The summed E-state index contributed by atoms with van der Waals surface area (Å²) in [7, 11) is 0. The van der Waals surface area contributed by atoms with Gasteiger partial charge in [-0.15, -0.1) is 36.2 Å². The number of nitrogens with one attached hydrogen (secondary N) is 1. The van der Waals surface area contributed by atoms with E-state index in [0.29, 0.717) is 6.04 Å². The molecule has 0 spiro atoms. The first-order chi connectivity index (χ1) is 9.90. The highest BCUT2D eigenvalue weighted by Crippen LogP contribution is 2.15. The Morgan fingerprint density at radius 2 is 1.73 bits per heavy atom. The van der Waals surface area contributed by atoms with Crippen molar-refractivity contribution in [3.05, 3.63) is 58.3 Å². The van der Waals surface area contributed by atoms with Crippen molar-refractivity contribution in [2.45, 2.75) is 32.0 Å². The third kappa shape index (κ3) is 5.90. The van der Waals surface area contributed by atoms with Crippen molar-refractivity contribution < 1.29 is 0 Å². The van der Waals surface area contributed by atoms with Gasteiger partial charge in [-0.3, -0.25) is 4.90 Å². The van der Waals surface area contributed by atoms with Gasteiger partial charge in [0.2, 0.25) is 0 Å². The quantitative estimate of drug-likeness (QED) is 0.854. The zero-order chi connectivity index (χ0) is 13.6. The van der Waals surface area contributed by atoms with Gasteiger partial charge >= 0.3 is 0 Å². The average molecular weight is 359 g/mol. The Hall–Kier alpha value is -0.580. The Bertz CT molecular complexity index is 497. The molecule has 0 atom stereocenters. The lowest BCUT2D eigenvalue weighted by Crippen LogP contribution is -2.41. The lowest BCUT2D eigenvalue weighted by molar-refractivity contribution is 0.190. The highest BCUT2D eigenvalue weighted by atomic mass is 35.5. The van der Waals surface area contributed by atoms with Crippen molar-refractivity contribution in [1.82, 2.24) is 10.2 Å². The van der Waals surface area contributed by atoms with Crippen LogP contribution in [0.5, 0.6) is 0 Å². The second-order valence-corrected chi connectivity index (χ2v) is 6.53. The minimum Gasteiger partial charge on any atom is -0.309 e. The standard InChI is InChI=1S/C17H22N2S.2ClH/c1-2-5-15(6-3-1)14-19-10-8-16(9-11-19)18-13-17-7-4-12-20-17;;/h1-7,12,16,18H,8-11,13-14H2;2*1H. The van der Waals surface area contributed by atoms with Gasteiger partial charge in [-0.1, -0.05) is 36.4 Å². The molecule has 2 aromatic rings. The zero-order valence-electron chi connectivity index (χ0n) is 12.6. The summed E-state index contributed by atoms with van der Waals surface area (Å²) < 4.78 is 0. The van der Waals surface area contributed by atoms with Crippen molar-refractivity contribution in [3.8, 4) is 0 Å². The van der Waals surface area contributed by atoms with E-state index in [0.717, 1.165) is 13.1 Å². The van der Waals surface area contributed by atoms with E-state index in [1.165, 1.54) is 36.4 Å². The summed E-state index contributed by atoms with van der Waals surface area (Å²) >= 11 is 1.84. The van der Waals surface area contributed by atoms with Gasteiger partial charge in [0.25, 0.3) is 0 Å². The first-order valence-electron chi connectivity index (χ1n) is 7.42. The Morgan fingerprint density at radius 1 is 1.00 bits per heavy atom. The molecule has 1 aliphatic heterocycles. The number of benzene rings is 1. The number of nitrogens with zero attached hydrogens (tertiary/aromatic N) is 1. The van der Waals surface area contributed by atoms with Gasteiger partial charge < -0.3 is 5.32 Å². The second kappa shape index (κ2) is 10.2. The van der Waals surface area contributed by atoms with Crippen LogP contribution in [0.1, 0.15) is 23.3 Å². The molecule has 1 aromatic heterocycles. The molecular weight excluding hydrogens is 335 g/mol. The monoisotopic (exact) mass is 358 g/mol. The molecule has 0 amide bonds. The van der Waals surface area contributed by atoms with Crippen molar-refractivity contribution in [3.63, 3.8) is 0 Å². The molecular formula is C17H24Cl2N2S. The van der Waals surface area contributed by atoms with E-state index in [4.69, 9.17) is 0 Å². The first kappa shape index (κ1) is 19.5. The maximum atomic E-state index is 3.69. The smallest absolute Gasteiger partial charge is 0.0302 e. The molecule has 0 aliphatic carbocycles. The van der Waals surface area contributed by atoms with Gasteiger partial charge in [-0.25, -0.2) is 0 Å². The van der Waals surface area contributed by atoms with E-state index >= 15 is 0 Å². The van der Waals surface area contributed by atoms with Crippen LogP contribution in [-0.4, -0.2) is 24.0 Å². The molecule has 0 saturated carbocycles. The molecule has 0 unspecified atom stereocenters. The molecule has 122 valence electrons. The van der Waals surface area contributed by atoms with Crippen molar-refractivity contribution >= 4 is 36.2 Å². The topological polar surface area (TPSA) is 15.3 Å². The predicted octanol–water partition coefficient (Wildman–Crippen LogP) is 4.35. The summed E-state index contributed by atoms with van der Waals surface area (Å²) in [5.74, 6) is 0. The predicted molar refractivity (Wildman–Crippen MR) is 100 cm³/mol. The molecule has 1 fully saturated rings. The minimum atomic E-state index is 0. The molecule has 22 heavy (non-hydrogen) atoms. The largest absolute Gasteiger partial charge is 0.309 e. The summed E-state index contributed by atoms with van der Waals surface area (Å²) in [6.45, 7) is 4.54. The Labute approximate surface area is 149 Å². The van der Waals surface area contributed by atoms with Crippen molar-refractivity contribution in [2.75, 3.05) is 13.1 Å². The number of hydrogen-bond acceptors (Lipinski definition) is 3. The van der Waals surface area contributed by atoms with Crippen LogP contribution in [0.15, 0.2) is 47.8 Å². The molecule has 3 rings (SSSR count). The maximum Gasteiger partial charge on any atom is 0.0302 e. The van der Waals surface area contributed by atoms with Crippen LogP contribution in [0.4, 0.5) is 0 Å². The Balaban J connectivity index is 0.00000121. The number of hydrogen-bond donors (Lipinski definition) is 1. The van der Waals surface area contributed by atoms with Gasteiger partial charge in [-0.2, -0.15) is 0 Å². The molecule has 0 bridgehead atoms. The van der Waals surface area contributed by atoms with Gasteiger partial charge in [0.1, 0.15) is 0 Å². The van der Waals surface area contributed by atoms with Crippen LogP contribution in [0.2, 0.25) is 0 Å². The lowest BCUT2D eigenvalue weighted by Gasteiger charge is -2.32. The Kier molecular flexibility index (Phi) is 9.06. The highest BCUT2D eigenvalue weighted by Gasteiger charge is 2.18. The van der Waals surface area contributed by atoms with Gasteiger partial charge in [0.05, 0.1) is 0 Å². The molecule has 1 saturated heterocycles. The minimum absolute atomic E-state index is 0. The Morgan fingerprint density at radius 3 is 2.36 bits per heavy atom.